The molecule has 1 aliphatic rings. The Morgan fingerprint density at radius 3 is 2.50 bits per heavy atom. The Morgan fingerprint density at radius 2 is 1.79 bits per heavy atom. The molecule has 1 unspecified atom stereocenters. The zero-order valence-electron chi connectivity index (χ0n) is 15.4. The van der Waals surface area contributed by atoms with E-state index >= 15 is 0 Å². The van der Waals surface area contributed by atoms with Crippen molar-refractivity contribution in [2.24, 2.45) is 0 Å². The summed E-state index contributed by atoms with van der Waals surface area (Å²) in [4.78, 5) is 8.94. The van der Waals surface area contributed by atoms with Crippen LogP contribution in [0.15, 0.2) is 71.9 Å². The molecule has 5 nitrogen and oxygen atoms in total. The fourth-order valence-electron chi connectivity index (χ4n) is 4.00. The van der Waals surface area contributed by atoms with Crippen molar-refractivity contribution in [3.05, 3.63) is 78.2 Å². The van der Waals surface area contributed by atoms with Crippen molar-refractivity contribution in [1.82, 2.24) is 14.5 Å². The van der Waals surface area contributed by atoms with E-state index in [1.165, 1.54) is 11.8 Å². The SMILES string of the molecule is CS(=O)(=O)c1ccc(-c2ccc3nc4n(c3c2)C(c2ccccc2)CC4)cn1. The van der Waals surface area contributed by atoms with Crippen LogP contribution in [0, 0.1) is 0 Å². The summed E-state index contributed by atoms with van der Waals surface area (Å²) in [5.41, 5.74) is 5.27. The predicted octanol–water partition coefficient (Wildman–Crippen LogP) is 4.04. The van der Waals surface area contributed by atoms with E-state index in [-0.39, 0.29) is 5.03 Å². The van der Waals surface area contributed by atoms with Gasteiger partial charge < -0.3 is 4.57 Å². The highest BCUT2D eigenvalue weighted by molar-refractivity contribution is 7.90. The molecule has 1 atom stereocenters. The molecule has 2 aromatic heterocycles. The molecule has 3 heterocycles. The van der Waals surface area contributed by atoms with E-state index in [0.29, 0.717) is 6.04 Å². The highest BCUT2D eigenvalue weighted by atomic mass is 32.2. The lowest BCUT2D eigenvalue weighted by Crippen LogP contribution is -2.05. The van der Waals surface area contributed by atoms with E-state index in [1.807, 2.05) is 18.2 Å². The van der Waals surface area contributed by atoms with Crippen LogP contribution in [0.3, 0.4) is 0 Å². The number of fused-ring (bicyclic) bond motifs is 3. The van der Waals surface area contributed by atoms with Crippen LogP contribution in [0.2, 0.25) is 0 Å². The largest absolute Gasteiger partial charge is 0.320 e. The topological polar surface area (TPSA) is 64.8 Å². The molecule has 0 fully saturated rings. The molecule has 5 rings (SSSR count). The number of rotatable bonds is 3. The first-order valence-electron chi connectivity index (χ1n) is 9.23. The number of benzene rings is 2. The molecule has 0 radical (unpaired) electrons. The molecule has 0 aliphatic carbocycles. The summed E-state index contributed by atoms with van der Waals surface area (Å²) in [6, 6.07) is 20.4. The number of aromatic nitrogens is 3. The van der Waals surface area contributed by atoms with E-state index in [9.17, 15) is 8.42 Å². The van der Waals surface area contributed by atoms with E-state index in [4.69, 9.17) is 4.98 Å². The Hall–Kier alpha value is -2.99. The number of hydrogen-bond donors (Lipinski definition) is 0. The van der Waals surface area contributed by atoms with Gasteiger partial charge in [0.2, 0.25) is 0 Å². The maximum absolute atomic E-state index is 11.6. The van der Waals surface area contributed by atoms with Gasteiger partial charge in [0.15, 0.2) is 14.9 Å². The van der Waals surface area contributed by atoms with Gasteiger partial charge in [-0.2, -0.15) is 0 Å². The quantitative estimate of drug-likeness (QED) is 0.530. The summed E-state index contributed by atoms with van der Waals surface area (Å²) >= 11 is 0. The minimum atomic E-state index is -3.30. The Kier molecular flexibility index (Phi) is 3.84. The molecule has 28 heavy (non-hydrogen) atoms. The van der Waals surface area contributed by atoms with Gasteiger partial charge in [0.1, 0.15) is 5.82 Å². The molecule has 140 valence electrons. The smallest absolute Gasteiger partial charge is 0.192 e. The summed E-state index contributed by atoms with van der Waals surface area (Å²) in [6.07, 6.45) is 4.80. The maximum Gasteiger partial charge on any atom is 0.192 e. The van der Waals surface area contributed by atoms with Crippen LogP contribution < -0.4 is 0 Å². The predicted molar refractivity (Wildman–Crippen MR) is 109 cm³/mol. The van der Waals surface area contributed by atoms with Crippen molar-refractivity contribution in [2.75, 3.05) is 6.26 Å². The van der Waals surface area contributed by atoms with Crippen LogP contribution in [-0.4, -0.2) is 29.2 Å². The Labute approximate surface area is 163 Å². The molecule has 6 heteroatoms. The first-order valence-corrected chi connectivity index (χ1v) is 11.1. The molecule has 4 aromatic rings. The molecule has 1 aliphatic heterocycles. The van der Waals surface area contributed by atoms with Crippen LogP contribution in [0.5, 0.6) is 0 Å². The lowest BCUT2D eigenvalue weighted by Gasteiger charge is -2.15. The van der Waals surface area contributed by atoms with Gasteiger partial charge in [-0.05, 0) is 41.8 Å². The van der Waals surface area contributed by atoms with E-state index in [1.54, 1.807) is 18.3 Å². The average Bonchev–Trinajstić information content (AvgIpc) is 3.27. The summed E-state index contributed by atoms with van der Waals surface area (Å²) in [5, 5.41) is 0.0896. The molecule has 0 spiro atoms. The van der Waals surface area contributed by atoms with Gasteiger partial charge in [-0.15, -0.1) is 0 Å². The van der Waals surface area contributed by atoms with Crippen molar-refractivity contribution in [3.63, 3.8) is 0 Å². The van der Waals surface area contributed by atoms with Crippen molar-refractivity contribution in [2.45, 2.75) is 23.9 Å². The number of aryl methyl sites for hydroxylation is 1. The average molecular weight is 389 g/mol. The van der Waals surface area contributed by atoms with Gasteiger partial charge in [-0.3, -0.25) is 0 Å². The molecule has 0 amide bonds. The second-order valence-corrected chi connectivity index (χ2v) is 9.19. The monoisotopic (exact) mass is 389 g/mol. The third kappa shape index (κ3) is 2.81. The molecule has 0 saturated carbocycles. The Morgan fingerprint density at radius 1 is 1.00 bits per heavy atom. The molecule has 0 N–H and O–H groups in total. The van der Waals surface area contributed by atoms with Crippen molar-refractivity contribution in [1.29, 1.82) is 0 Å². The third-order valence-electron chi connectivity index (χ3n) is 5.35. The van der Waals surface area contributed by atoms with Gasteiger partial charge >= 0.3 is 0 Å². The van der Waals surface area contributed by atoms with Crippen LogP contribution in [0.1, 0.15) is 23.9 Å². The minimum Gasteiger partial charge on any atom is -0.320 e. The number of nitrogens with zero attached hydrogens (tertiary/aromatic N) is 3. The normalized spacial score (nSPS) is 16.4. The van der Waals surface area contributed by atoms with Gasteiger partial charge in [-0.25, -0.2) is 18.4 Å². The van der Waals surface area contributed by atoms with Gasteiger partial charge in [0.25, 0.3) is 0 Å². The summed E-state index contributed by atoms with van der Waals surface area (Å²) in [7, 11) is -3.30. The lowest BCUT2D eigenvalue weighted by molar-refractivity contribution is 0.598. The summed E-state index contributed by atoms with van der Waals surface area (Å²) in [5.74, 6) is 1.12. The van der Waals surface area contributed by atoms with Crippen LogP contribution in [0.4, 0.5) is 0 Å². The molecule has 2 aromatic carbocycles. The fraction of sp³-hybridized carbons (Fsp3) is 0.182. The zero-order valence-corrected chi connectivity index (χ0v) is 16.2. The van der Waals surface area contributed by atoms with E-state index < -0.39 is 9.84 Å². The van der Waals surface area contributed by atoms with Crippen molar-refractivity contribution < 1.29 is 8.42 Å². The Bertz CT molecular complexity index is 1280. The van der Waals surface area contributed by atoms with Crippen molar-refractivity contribution >= 4 is 20.9 Å². The van der Waals surface area contributed by atoms with E-state index in [0.717, 1.165) is 40.8 Å². The fourth-order valence-corrected chi connectivity index (χ4v) is 4.56. The highest BCUT2D eigenvalue weighted by Gasteiger charge is 2.27. The van der Waals surface area contributed by atoms with Crippen LogP contribution in [-0.2, 0) is 16.3 Å². The summed E-state index contributed by atoms with van der Waals surface area (Å²) in [6.45, 7) is 0. The molecular formula is C22H19N3O2S. The zero-order chi connectivity index (χ0) is 19.3. The first-order chi connectivity index (χ1) is 13.5. The Balaban J connectivity index is 1.61. The second-order valence-electron chi connectivity index (χ2n) is 7.22. The first kappa shape index (κ1) is 17.1. The second kappa shape index (κ2) is 6.27. The molecule has 0 saturated heterocycles. The number of hydrogen-bond acceptors (Lipinski definition) is 4. The highest BCUT2D eigenvalue weighted by Crippen LogP contribution is 2.36. The standard InChI is InChI=1S/C22H19N3O2S/c1-28(26,27)22-12-8-17(14-23-22)16-7-9-18-20(13-16)25-19(10-11-21(25)24-18)15-5-3-2-4-6-15/h2-9,12-14,19H,10-11H2,1H3. The van der Waals surface area contributed by atoms with Gasteiger partial charge in [0.05, 0.1) is 17.1 Å². The van der Waals surface area contributed by atoms with Gasteiger partial charge in [-0.1, -0.05) is 36.4 Å². The number of sulfone groups is 1. The molecular weight excluding hydrogens is 370 g/mol. The van der Waals surface area contributed by atoms with E-state index in [2.05, 4.69) is 39.9 Å². The minimum absolute atomic E-state index is 0.0896. The summed E-state index contributed by atoms with van der Waals surface area (Å²) < 4.78 is 25.6. The van der Waals surface area contributed by atoms with Crippen LogP contribution in [0.25, 0.3) is 22.2 Å². The van der Waals surface area contributed by atoms with Crippen LogP contribution >= 0.6 is 0 Å². The number of imidazole rings is 1. The third-order valence-corrected chi connectivity index (χ3v) is 6.35. The molecule has 0 bridgehead atoms. The maximum atomic E-state index is 11.6. The lowest BCUT2D eigenvalue weighted by atomic mass is 10.0. The van der Waals surface area contributed by atoms with Crippen molar-refractivity contribution in [3.8, 4) is 11.1 Å². The number of pyridine rings is 1. The van der Waals surface area contributed by atoms with Gasteiger partial charge in [0, 0.05) is 24.4 Å².